The summed E-state index contributed by atoms with van der Waals surface area (Å²) in [5.41, 5.74) is 2.03. The molecule has 0 aliphatic carbocycles. The minimum atomic E-state index is 0.0420. The van der Waals surface area contributed by atoms with Crippen LogP contribution in [-0.2, 0) is 9.59 Å². The molecule has 2 heterocycles. The van der Waals surface area contributed by atoms with Crippen molar-refractivity contribution < 1.29 is 19.4 Å². The van der Waals surface area contributed by atoms with Gasteiger partial charge >= 0.3 is 0 Å². The van der Waals surface area contributed by atoms with Gasteiger partial charge < -0.3 is 20.0 Å². The zero-order valence-corrected chi connectivity index (χ0v) is 16.7. The molecular formula is C21H34N4O2+2. The Labute approximate surface area is 162 Å². The van der Waals surface area contributed by atoms with Gasteiger partial charge in [0.05, 0.1) is 39.3 Å². The first-order chi connectivity index (χ1) is 13.0. The molecule has 148 valence electrons. The molecule has 0 bridgehead atoms. The van der Waals surface area contributed by atoms with E-state index >= 15 is 0 Å². The lowest BCUT2D eigenvalue weighted by molar-refractivity contribution is -0.902. The number of amides is 2. The molecule has 0 aromatic heterocycles. The van der Waals surface area contributed by atoms with Gasteiger partial charge in [0.1, 0.15) is 0 Å². The zero-order valence-electron chi connectivity index (χ0n) is 16.7. The highest BCUT2D eigenvalue weighted by atomic mass is 16.2. The second-order valence-electron chi connectivity index (χ2n) is 8.35. The highest BCUT2D eigenvalue weighted by Crippen LogP contribution is 2.08. The van der Waals surface area contributed by atoms with Gasteiger partial charge in [-0.2, -0.15) is 0 Å². The monoisotopic (exact) mass is 374 g/mol. The molecule has 2 amide bonds. The smallest absolute Gasteiger partial charge is 0.279 e. The molecule has 1 aromatic rings. The van der Waals surface area contributed by atoms with E-state index in [0.717, 1.165) is 50.9 Å². The number of carbonyl (C=O) groups is 2. The first kappa shape index (κ1) is 19.8. The van der Waals surface area contributed by atoms with Crippen LogP contribution < -0.4 is 15.1 Å². The fraction of sp³-hybridized carbons (Fsp3) is 0.619. The Hall–Kier alpha value is -1.92. The maximum atomic E-state index is 12.6. The second kappa shape index (κ2) is 9.33. The summed E-state index contributed by atoms with van der Waals surface area (Å²) >= 11 is 0. The van der Waals surface area contributed by atoms with Crippen LogP contribution in [-0.4, -0.2) is 69.1 Å². The fourth-order valence-electron chi connectivity index (χ4n) is 4.20. The van der Waals surface area contributed by atoms with Crippen molar-refractivity contribution in [2.75, 3.05) is 57.7 Å². The summed E-state index contributed by atoms with van der Waals surface area (Å²) in [4.78, 5) is 29.5. The fourth-order valence-corrected chi connectivity index (χ4v) is 4.20. The minimum absolute atomic E-state index is 0.0420. The molecular weight excluding hydrogens is 340 g/mol. The van der Waals surface area contributed by atoms with Gasteiger partial charge in [0.15, 0.2) is 13.1 Å². The van der Waals surface area contributed by atoms with E-state index < -0.39 is 0 Å². The van der Waals surface area contributed by atoms with E-state index in [2.05, 4.69) is 12.2 Å². The Morgan fingerprint density at radius 3 is 2.44 bits per heavy atom. The lowest BCUT2D eigenvalue weighted by Crippen LogP contribution is -3.16. The van der Waals surface area contributed by atoms with E-state index in [9.17, 15) is 9.59 Å². The maximum Gasteiger partial charge on any atom is 0.279 e. The number of hydrogen-bond acceptors (Lipinski definition) is 2. The number of nitrogens with zero attached hydrogens (tertiary/aromatic N) is 1. The maximum absolute atomic E-state index is 12.6. The van der Waals surface area contributed by atoms with Gasteiger partial charge in [0.2, 0.25) is 0 Å². The van der Waals surface area contributed by atoms with Crippen molar-refractivity contribution >= 4 is 17.5 Å². The van der Waals surface area contributed by atoms with Crippen molar-refractivity contribution in [1.82, 2.24) is 4.90 Å². The number of nitrogens with one attached hydrogen (secondary N) is 3. The summed E-state index contributed by atoms with van der Waals surface area (Å²) in [5, 5.41) is 2.97. The van der Waals surface area contributed by atoms with Crippen LogP contribution in [0.1, 0.15) is 25.3 Å². The second-order valence-corrected chi connectivity index (χ2v) is 8.35. The number of rotatable bonds is 5. The number of aryl methyl sites for hydroxylation is 1. The number of benzene rings is 1. The van der Waals surface area contributed by atoms with Crippen LogP contribution in [0.2, 0.25) is 0 Å². The quantitative estimate of drug-likeness (QED) is 0.618. The molecule has 1 aromatic carbocycles. The third kappa shape index (κ3) is 6.04. The van der Waals surface area contributed by atoms with Gasteiger partial charge in [-0.25, -0.2) is 0 Å². The highest BCUT2D eigenvalue weighted by molar-refractivity contribution is 5.91. The number of anilines is 1. The molecule has 2 atom stereocenters. The van der Waals surface area contributed by atoms with Crippen LogP contribution in [0.15, 0.2) is 24.3 Å². The SMILES string of the molecule is Cc1ccc(NC(=O)C[NH+]2CCN(C(=O)C[NH+]3CCC[C@H](C)C3)CC2)cc1. The summed E-state index contributed by atoms with van der Waals surface area (Å²) in [6.45, 7) is 10.9. The van der Waals surface area contributed by atoms with Crippen LogP contribution in [0.4, 0.5) is 5.69 Å². The van der Waals surface area contributed by atoms with Gasteiger partial charge in [-0.1, -0.05) is 24.6 Å². The van der Waals surface area contributed by atoms with Crippen molar-refractivity contribution in [2.45, 2.75) is 26.7 Å². The van der Waals surface area contributed by atoms with E-state index in [1.165, 1.54) is 28.2 Å². The lowest BCUT2D eigenvalue weighted by Gasteiger charge is -2.33. The van der Waals surface area contributed by atoms with Crippen LogP contribution in [0.25, 0.3) is 0 Å². The largest absolute Gasteiger partial charge is 0.327 e. The first-order valence-electron chi connectivity index (χ1n) is 10.3. The van der Waals surface area contributed by atoms with Crippen LogP contribution >= 0.6 is 0 Å². The average molecular weight is 375 g/mol. The molecule has 2 fully saturated rings. The summed E-state index contributed by atoms with van der Waals surface area (Å²) in [6.07, 6.45) is 2.53. The molecule has 1 unspecified atom stereocenters. The third-order valence-corrected chi connectivity index (χ3v) is 5.83. The van der Waals surface area contributed by atoms with E-state index in [-0.39, 0.29) is 11.8 Å². The summed E-state index contributed by atoms with van der Waals surface area (Å²) in [5.74, 6) is 1.05. The van der Waals surface area contributed by atoms with E-state index in [1.807, 2.05) is 36.1 Å². The minimum Gasteiger partial charge on any atom is -0.327 e. The van der Waals surface area contributed by atoms with Gasteiger partial charge in [0.25, 0.3) is 11.8 Å². The number of carbonyl (C=O) groups excluding carboxylic acids is 2. The Bertz CT molecular complexity index is 638. The molecule has 6 nitrogen and oxygen atoms in total. The Morgan fingerprint density at radius 1 is 1.07 bits per heavy atom. The molecule has 2 aliphatic rings. The van der Waals surface area contributed by atoms with E-state index in [1.54, 1.807) is 0 Å². The number of piperidine rings is 1. The number of piperazine rings is 1. The predicted molar refractivity (Wildman–Crippen MR) is 106 cm³/mol. The molecule has 2 saturated heterocycles. The van der Waals surface area contributed by atoms with Gasteiger partial charge in [0, 0.05) is 11.6 Å². The summed E-state index contributed by atoms with van der Waals surface area (Å²) in [7, 11) is 0. The third-order valence-electron chi connectivity index (χ3n) is 5.83. The summed E-state index contributed by atoms with van der Waals surface area (Å²) in [6, 6.07) is 7.86. The normalized spacial score (nSPS) is 23.9. The number of likely N-dealkylation sites (tertiary alicyclic amines) is 1. The van der Waals surface area contributed by atoms with Gasteiger partial charge in [-0.15, -0.1) is 0 Å². The molecule has 2 aliphatic heterocycles. The summed E-state index contributed by atoms with van der Waals surface area (Å²) < 4.78 is 0. The van der Waals surface area contributed by atoms with Crippen molar-refractivity contribution in [1.29, 1.82) is 0 Å². The molecule has 3 N–H and O–H groups in total. The van der Waals surface area contributed by atoms with Crippen LogP contribution in [0, 0.1) is 12.8 Å². The van der Waals surface area contributed by atoms with Gasteiger partial charge in [-0.3, -0.25) is 9.59 Å². The first-order valence-corrected chi connectivity index (χ1v) is 10.3. The molecule has 27 heavy (non-hydrogen) atoms. The van der Waals surface area contributed by atoms with E-state index in [0.29, 0.717) is 13.1 Å². The molecule has 6 heteroatoms. The van der Waals surface area contributed by atoms with Crippen molar-refractivity contribution in [3.8, 4) is 0 Å². The van der Waals surface area contributed by atoms with Crippen LogP contribution in [0.3, 0.4) is 0 Å². The number of quaternary nitrogens is 2. The van der Waals surface area contributed by atoms with Gasteiger partial charge in [-0.05, 0) is 31.9 Å². The van der Waals surface area contributed by atoms with Crippen molar-refractivity contribution in [3.63, 3.8) is 0 Å². The lowest BCUT2D eigenvalue weighted by atomic mass is 10.0. The van der Waals surface area contributed by atoms with Crippen molar-refractivity contribution in [2.24, 2.45) is 5.92 Å². The van der Waals surface area contributed by atoms with E-state index in [4.69, 9.17) is 0 Å². The molecule has 3 rings (SSSR count). The Morgan fingerprint density at radius 2 is 1.78 bits per heavy atom. The molecule has 0 saturated carbocycles. The average Bonchev–Trinajstić information content (AvgIpc) is 2.64. The number of hydrogen-bond donors (Lipinski definition) is 3. The standard InChI is InChI=1S/C21H32N4O2/c1-17-5-7-19(8-6-17)22-20(26)15-23-10-12-25(13-11-23)21(27)16-24-9-3-4-18(2)14-24/h5-8,18H,3-4,9-16H2,1-2H3,(H,22,26)/p+2/t18-/m0/s1. The van der Waals surface area contributed by atoms with Crippen LogP contribution in [0.5, 0.6) is 0 Å². The zero-order chi connectivity index (χ0) is 19.2. The van der Waals surface area contributed by atoms with Crippen molar-refractivity contribution in [3.05, 3.63) is 29.8 Å². The molecule has 0 spiro atoms. The molecule has 0 radical (unpaired) electrons. The topological polar surface area (TPSA) is 58.3 Å². The highest BCUT2D eigenvalue weighted by Gasteiger charge is 2.29. The predicted octanol–water partition coefficient (Wildman–Crippen LogP) is -1.02. The Kier molecular flexibility index (Phi) is 6.85. The Balaban J connectivity index is 1.38.